The van der Waals surface area contributed by atoms with Crippen LogP contribution in [0.3, 0.4) is 0 Å². The molecule has 1 heterocycles. The molecule has 20 heavy (non-hydrogen) atoms. The van der Waals surface area contributed by atoms with Crippen LogP contribution in [0.4, 0.5) is 5.69 Å². The summed E-state index contributed by atoms with van der Waals surface area (Å²) >= 11 is 0. The molecular formula is C16H24N4. The number of hydrogen-bond donors (Lipinski definition) is 1. The summed E-state index contributed by atoms with van der Waals surface area (Å²) in [5, 5.41) is 4.43. The Bertz CT molecular complexity index is 601. The van der Waals surface area contributed by atoms with Crippen molar-refractivity contribution < 1.29 is 0 Å². The van der Waals surface area contributed by atoms with E-state index in [0.29, 0.717) is 6.54 Å². The molecule has 2 aromatic rings. The molecule has 1 atom stereocenters. The Morgan fingerprint density at radius 1 is 1.30 bits per heavy atom. The molecule has 0 aliphatic heterocycles. The Kier molecular flexibility index (Phi) is 4.14. The zero-order valence-corrected chi connectivity index (χ0v) is 13.0. The standard InChI is InChI=1S/C16H24N4/c1-11-6-7-15(12(2)8-11)20(5)16(9-17)14-10-19(4)18-13(14)3/h6-8,10,16H,9,17H2,1-5H3. The van der Waals surface area contributed by atoms with Crippen molar-refractivity contribution in [3.8, 4) is 0 Å². The van der Waals surface area contributed by atoms with Crippen LogP contribution in [-0.2, 0) is 7.05 Å². The number of anilines is 1. The number of nitrogens with zero attached hydrogens (tertiary/aromatic N) is 3. The van der Waals surface area contributed by atoms with Crippen LogP contribution in [0.2, 0.25) is 0 Å². The molecule has 2 N–H and O–H groups in total. The van der Waals surface area contributed by atoms with Crippen molar-refractivity contribution in [3.05, 3.63) is 46.8 Å². The van der Waals surface area contributed by atoms with Gasteiger partial charge in [0.15, 0.2) is 0 Å². The molecule has 0 spiro atoms. The highest BCUT2D eigenvalue weighted by Gasteiger charge is 2.21. The molecule has 0 radical (unpaired) electrons. The number of hydrogen-bond acceptors (Lipinski definition) is 3. The maximum Gasteiger partial charge on any atom is 0.0695 e. The Balaban J connectivity index is 2.38. The van der Waals surface area contributed by atoms with Gasteiger partial charge in [-0.1, -0.05) is 17.7 Å². The van der Waals surface area contributed by atoms with E-state index in [9.17, 15) is 0 Å². The fourth-order valence-corrected chi connectivity index (χ4v) is 2.81. The fraction of sp³-hybridized carbons (Fsp3) is 0.438. The SMILES string of the molecule is Cc1ccc(N(C)C(CN)c2cn(C)nc2C)c(C)c1. The largest absolute Gasteiger partial charge is 0.366 e. The van der Waals surface area contributed by atoms with E-state index in [2.05, 4.69) is 55.3 Å². The van der Waals surface area contributed by atoms with Gasteiger partial charge in [0.05, 0.1) is 11.7 Å². The van der Waals surface area contributed by atoms with Gasteiger partial charge in [-0.05, 0) is 32.4 Å². The van der Waals surface area contributed by atoms with E-state index < -0.39 is 0 Å². The van der Waals surface area contributed by atoms with E-state index >= 15 is 0 Å². The summed E-state index contributed by atoms with van der Waals surface area (Å²) in [6.07, 6.45) is 2.06. The highest BCUT2D eigenvalue weighted by atomic mass is 15.3. The minimum absolute atomic E-state index is 0.144. The van der Waals surface area contributed by atoms with Crippen LogP contribution in [0.25, 0.3) is 0 Å². The van der Waals surface area contributed by atoms with Gasteiger partial charge >= 0.3 is 0 Å². The van der Waals surface area contributed by atoms with E-state index in [-0.39, 0.29) is 6.04 Å². The van der Waals surface area contributed by atoms with Gasteiger partial charge in [0.25, 0.3) is 0 Å². The second kappa shape index (κ2) is 5.67. The molecule has 0 aliphatic rings. The van der Waals surface area contributed by atoms with Crippen molar-refractivity contribution in [3.63, 3.8) is 0 Å². The first-order valence-corrected chi connectivity index (χ1v) is 6.94. The number of aromatic nitrogens is 2. The average Bonchev–Trinajstić information content (AvgIpc) is 2.69. The quantitative estimate of drug-likeness (QED) is 0.930. The summed E-state index contributed by atoms with van der Waals surface area (Å²) in [6, 6.07) is 6.65. The second-order valence-electron chi connectivity index (χ2n) is 5.50. The average molecular weight is 272 g/mol. The van der Waals surface area contributed by atoms with Crippen LogP contribution in [-0.4, -0.2) is 23.4 Å². The van der Waals surface area contributed by atoms with Gasteiger partial charge in [-0.25, -0.2) is 0 Å². The smallest absolute Gasteiger partial charge is 0.0695 e. The van der Waals surface area contributed by atoms with E-state index in [1.165, 1.54) is 22.4 Å². The molecule has 0 aliphatic carbocycles. The lowest BCUT2D eigenvalue weighted by atomic mass is 10.0. The monoisotopic (exact) mass is 272 g/mol. The number of rotatable bonds is 4. The highest BCUT2D eigenvalue weighted by Crippen LogP contribution is 2.29. The van der Waals surface area contributed by atoms with Gasteiger partial charge in [0.2, 0.25) is 0 Å². The first-order valence-electron chi connectivity index (χ1n) is 6.94. The van der Waals surface area contributed by atoms with Crippen molar-refractivity contribution in [2.45, 2.75) is 26.8 Å². The summed E-state index contributed by atoms with van der Waals surface area (Å²) in [7, 11) is 4.04. The lowest BCUT2D eigenvalue weighted by Gasteiger charge is -2.30. The summed E-state index contributed by atoms with van der Waals surface area (Å²) < 4.78 is 1.85. The summed E-state index contributed by atoms with van der Waals surface area (Å²) in [5.74, 6) is 0. The third kappa shape index (κ3) is 2.70. The van der Waals surface area contributed by atoms with Crippen molar-refractivity contribution in [2.24, 2.45) is 12.8 Å². The predicted molar refractivity (Wildman–Crippen MR) is 84.1 cm³/mol. The first-order chi connectivity index (χ1) is 9.43. The minimum atomic E-state index is 0.144. The normalized spacial score (nSPS) is 12.5. The fourth-order valence-electron chi connectivity index (χ4n) is 2.81. The van der Waals surface area contributed by atoms with Crippen LogP contribution >= 0.6 is 0 Å². The van der Waals surface area contributed by atoms with Crippen molar-refractivity contribution in [1.29, 1.82) is 0 Å². The van der Waals surface area contributed by atoms with Crippen LogP contribution in [0, 0.1) is 20.8 Å². The van der Waals surface area contributed by atoms with E-state index in [0.717, 1.165) is 5.69 Å². The molecule has 1 unspecified atom stereocenters. The Morgan fingerprint density at radius 3 is 2.50 bits per heavy atom. The molecule has 1 aromatic carbocycles. The number of likely N-dealkylation sites (N-methyl/N-ethyl adjacent to an activating group) is 1. The molecule has 4 heteroatoms. The number of nitrogens with two attached hydrogens (primary N) is 1. The van der Waals surface area contributed by atoms with Gasteiger partial charge in [0, 0.05) is 38.1 Å². The molecule has 0 bridgehead atoms. The van der Waals surface area contributed by atoms with Crippen molar-refractivity contribution in [1.82, 2.24) is 9.78 Å². The molecule has 4 nitrogen and oxygen atoms in total. The third-order valence-electron chi connectivity index (χ3n) is 3.83. The Labute approximate surface area is 121 Å². The van der Waals surface area contributed by atoms with Crippen LogP contribution in [0.1, 0.15) is 28.4 Å². The molecule has 0 saturated carbocycles. The minimum Gasteiger partial charge on any atom is -0.366 e. The maximum atomic E-state index is 6.02. The Hall–Kier alpha value is -1.81. The molecule has 1 aromatic heterocycles. The third-order valence-corrected chi connectivity index (χ3v) is 3.83. The van der Waals surface area contributed by atoms with Crippen LogP contribution < -0.4 is 10.6 Å². The van der Waals surface area contributed by atoms with Gasteiger partial charge in [-0.15, -0.1) is 0 Å². The van der Waals surface area contributed by atoms with E-state index in [4.69, 9.17) is 5.73 Å². The summed E-state index contributed by atoms with van der Waals surface area (Å²) in [4.78, 5) is 2.25. The zero-order valence-electron chi connectivity index (χ0n) is 13.0. The number of benzene rings is 1. The maximum absolute atomic E-state index is 6.02. The van der Waals surface area contributed by atoms with Crippen LogP contribution in [0.5, 0.6) is 0 Å². The van der Waals surface area contributed by atoms with Crippen LogP contribution in [0.15, 0.2) is 24.4 Å². The molecule has 2 rings (SSSR count). The molecule has 0 saturated heterocycles. The van der Waals surface area contributed by atoms with Crippen molar-refractivity contribution >= 4 is 5.69 Å². The lowest BCUT2D eigenvalue weighted by Crippen LogP contribution is -2.31. The second-order valence-corrected chi connectivity index (χ2v) is 5.50. The zero-order chi connectivity index (χ0) is 14.9. The van der Waals surface area contributed by atoms with Gasteiger partial charge in [-0.2, -0.15) is 5.10 Å². The highest BCUT2D eigenvalue weighted by molar-refractivity contribution is 5.55. The topological polar surface area (TPSA) is 47.1 Å². The summed E-state index contributed by atoms with van der Waals surface area (Å²) in [5.41, 5.74) is 12.0. The molecule has 0 fully saturated rings. The Morgan fingerprint density at radius 2 is 2.00 bits per heavy atom. The predicted octanol–water partition coefficient (Wildman–Crippen LogP) is 2.48. The van der Waals surface area contributed by atoms with Gasteiger partial charge in [0.1, 0.15) is 0 Å². The van der Waals surface area contributed by atoms with Gasteiger partial charge in [-0.3, -0.25) is 4.68 Å². The van der Waals surface area contributed by atoms with E-state index in [1.807, 2.05) is 18.7 Å². The lowest BCUT2D eigenvalue weighted by molar-refractivity contribution is 0.674. The number of aryl methyl sites for hydroxylation is 4. The molecule has 0 amide bonds. The molecule has 108 valence electrons. The summed E-state index contributed by atoms with van der Waals surface area (Å²) in [6.45, 7) is 6.86. The van der Waals surface area contributed by atoms with E-state index in [1.54, 1.807) is 0 Å². The van der Waals surface area contributed by atoms with Gasteiger partial charge < -0.3 is 10.6 Å². The molecular weight excluding hydrogens is 248 g/mol. The van der Waals surface area contributed by atoms with Crippen molar-refractivity contribution in [2.75, 3.05) is 18.5 Å². The first kappa shape index (κ1) is 14.6.